The zero-order valence-electron chi connectivity index (χ0n) is 3.61. The van der Waals surface area contributed by atoms with E-state index >= 15 is 0 Å². The third-order valence-corrected chi connectivity index (χ3v) is 0.366. The SMILES string of the molecule is [CH2]CCOCF. The highest BCUT2D eigenvalue weighted by Gasteiger charge is 1.75. The van der Waals surface area contributed by atoms with Crippen LogP contribution in [0.4, 0.5) is 4.39 Å². The molecule has 0 N–H and O–H groups in total. The first kappa shape index (κ1) is 5.89. The van der Waals surface area contributed by atoms with E-state index in [1.54, 1.807) is 0 Å². The van der Waals surface area contributed by atoms with Gasteiger partial charge in [0.2, 0.25) is 0 Å². The molecule has 0 amide bonds. The molecule has 0 fully saturated rings. The van der Waals surface area contributed by atoms with Crippen molar-refractivity contribution in [3.05, 3.63) is 6.92 Å². The average molecular weight is 91.1 g/mol. The Morgan fingerprint density at radius 1 is 1.67 bits per heavy atom. The van der Waals surface area contributed by atoms with Crippen LogP contribution in [0.15, 0.2) is 0 Å². The number of alkyl halides is 1. The van der Waals surface area contributed by atoms with Gasteiger partial charge in [-0.3, -0.25) is 0 Å². The summed E-state index contributed by atoms with van der Waals surface area (Å²) >= 11 is 0. The highest BCUT2D eigenvalue weighted by molar-refractivity contribution is 4.31. The Balaban J connectivity index is 2.34. The van der Waals surface area contributed by atoms with E-state index in [9.17, 15) is 4.39 Å². The largest absolute Gasteiger partial charge is 0.350 e. The molecular formula is C4H8FO. The van der Waals surface area contributed by atoms with E-state index < -0.39 is 6.86 Å². The highest BCUT2D eigenvalue weighted by atomic mass is 19.1. The van der Waals surface area contributed by atoms with Crippen LogP contribution >= 0.6 is 0 Å². The van der Waals surface area contributed by atoms with Crippen LogP contribution in [0.2, 0.25) is 0 Å². The summed E-state index contributed by atoms with van der Waals surface area (Å²) < 4.78 is 15.2. The van der Waals surface area contributed by atoms with Gasteiger partial charge in [-0.2, -0.15) is 0 Å². The Hall–Kier alpha value is -0.110. The maximum atomic E-state index is 10.9. The first-order chi connectivity index (χ1) is 2.91. The standard InChI is InChI=1S/C4H8FO/c1-2-3-6-4-5/h1-4H2. The van der Waals surface area contributed by atoms with Gasteiger partial charge in [-0.25, -0.2) is 4.39 Å². The molecule has 0 aromatic carbocycles. The number of halogens is 1. The third kappa shape index (κ3) is 3.89. The van der Waals surface area contributed by atoms with Crippen molar-refractivity contribution >= 4 is 0 Å². The lowest BCUT2D eigenvalue weighted by Crippen LogP contribution is -1.87. The van der Waals surface area contributed by atoms with Crippen LogP contribution in [0.25, 0.3) is 0 Å². The zero-order valence-corrected chi connectivity index (χ0v) is 3.61. The first-order valence-corrected chi connectivity index (χ1v) is 1.84. The number of hydrogen-bond acceptors (Lipinski definition) is 1. The maximum absolute atomic E-state index is 10.9. The van der Waals surface area contributed by atoms with E-state index in [2.05, 4.69) is 11.7 Å². The van der Waals surface area contributed by atoms with Crippen molar-refractivity contribution in [2.45, 2.75) is 6.42 Å². The molecule has 0 rings (SSSR count). The summed E-state index contributed by atoms with van der Waals surface area (Å²) in [4.78, 5) is 0. The summed E-state index contributed by atoms with van der Waals surface area (Å²) in [5.41, 5.74) is 0. The van der Waals surface area contributed by atoms with Gasteiger partial charge in [-0.05, 0) is 6.42 Å². The molecule has 0 spiro atoms. The van der Waals surface area contributed by atoms with Crippen LogP contribution in [0.5, 0.6) is 0 Å². The van der Waals surface area contributed by atoms with E-state index in [4.69, 9.17) is 0 Å². The van der Waals surface area contributed by atoms with Crippen molar-refractivity contribution < 1.29 is 9.13 Å². The van der Waals surface area contributed by atoms with E-state index in [0.717, 1.165) is 0 Å². The zero-order chi connectivity index (χ0) is 4.83. The summed E-state index contributed by atoms with van der Waals surface area (Å²) in [6.45, 7) is 3.17. The van der Waals surface area contributed by atoms with E-state index in [0.29, 0.717) is 13.0 Å². The van der Waals surface area contributed by atoms with Crippen molar-refractivity contribution in [2.24, 2.45) is 0 Å². The van der Waals surface area contributed by atoms with Crippen LogP contribution in [-0.2, 0) is 4.74 Å². The quantitative estimate of drug-likeness (QED) is 0.473. The van der Waals surface area contributed by atoms with Crippen LogP contribution in [0.1, 0.15) is 6.42 Å². The molecule has 0 saturated heterocycles. The van der Waals surface area contributed by atoms with Gasteiger partial charge in [-0.15, -0.1) is 0 Å². The molecule has 0 aliphatic carbocycles. The Kier molecular flexibility index (Phi) is 4.80. The Morgan fingerprint density at radius 2 is 2.33 bits per heavy atom. The maximum Gasteiger partial charge on any atom is 0.188 e. The number of ether oxygens (including phenoxy) is 1. The molecule has 0 aliphatic heterocycles. The summed E-state index contributed by atoms with van der Waals surface area (Å²) in [5.74, 6) is 0. The Morgan fingerprint density at radius 3 is 2.50 bits per heavy atom. The fourth-order valence-electron chi connectivity index (χ4n) is 0.157. The van der Waals surface area contributed by atoms with Gasteiger partial charge in [0.25, 0.3) is 0 Å². The van der Waals surface area contributed by atoms with Crippen LogP contribution in [0.3, 0.4) is 0 Å². The molecular weight excluding hydrogens is 83.0 g/mol. The predicted octanol–water partition coefficient (Wildman–Crippen LogP) is 1.15. The van der Waals surface area contributed by atoms with Gasteiger partial charge in [0.15, 0.2) is 6.86 Å². The van der Waals surface area contributed by atoms with Crippen molar-refractivity contribution in [3.8, 4) is 0 Å². The topological polar surface area (TPSA) is 9.23 Å². The second-order valence-electron chi connectivity index (χ2n) is 0.871. The van der Waals surface area contributed by atoms with Crippen molar-refractivity contribution in [1.82, 2.24) is 0 Å². The van der Waals surface area contributed by atoms with Gasteiger partial charge < -0.3 is 4.74 Å². The average Bonchev–Trinajstić information content (AvgIpc) is 1.61. The monoisotopic (exact) mass is 91.1 g/mol. The number of rotatable bonds is 3. The molecule has 0 saturated carbocycles. The van der Waals surface area contributed by atoms with Gasteiger partial charge in [-0.1, -0.05) is 6.92 Å². The molecule has 1 nitrogen and oxygen atoms in total. The summed E-state index contributed by atoms with van der Waals surface area (Å²) in [5, 5.41) is 0. The normalized spacial score (nSPS) is 9.00. The fraction of sp³-hybridized carbons (Fsp3) is 0.750. The molecule has 0 aromatic heterocycles. The van der Waals surface area contributed by atoms with Crippen LogP contribution in [-0.4, -0.2) is 13.5 Å². The van der Waals surface area contributed by atoms with Gasteiger partial charge >= 0.3 is 0 Å². The summed E-state index contributed by atoms with van der Waals surface area (Å²) in [6, 6.07) is 0. The van der Waals surface area contributed by atoms with Crippen LogP contribution in [0, 0.1) is 6.92 Å². The molecule has 0 aromatic rings. The summed E-state index contributed by atoms with van der Waals surface area (Å²) in [7, 11) is 0. The first-order valence-electron chi connectivity index (χ1n) is 1.84. The minimum absolute atomic E-state index is 0.427. The van der Waals surface area contributed by atoms with Gasteiger partial charge in [0.1, 0.15) is 0 Å². The smallest absolute Gasteiger partial charge is 0.188 e. The molecule has 6 heavy (non-hydrogen) atoms. The molecule has 2 heteroatoms. The minimum Gasteiger partial charge on any atom is -0.350 e. The number of hydrogen-bond donors (Lipinski definition) is 0. The second kappa shape index (κ2) is 4.89. The van der Waals surface area contributed by atoms with E-state index in [1.165, 1.54) is 0 Å². The van der Waals surface area contributed by atoms with Crippen LogP contribution < -0.4 is 0 Å². The molecule has 0 aliphatic rings. The molecule has 0 heterocycles. The van der Waals surface area contributed by atoms with E-state index in [1.807, 2.05) is 0 Å². The molecule has 0 unspecified atom stereocenters. The Labute approximate surface area is 37.1 Å². The molecule has 0 bridgehead atoms. The molecule has 0 atom stereocenters. The van der Waals surface area contributed by atoms with Gasteiger partial charge in [0.05, 0.1) is 0 Å². The van der Waals surface area contributed by atoms with E-state index in [-0.39, 0.29) is 0 Å². The fourth-order valence-corrected chi connectivity index (χ4v) is 0.157. The lowest BCUT2D eigenvalue weighted by atomic mass is 10.5. The lowest BCUT2D eigenvalue weighted by Gasteiger charge is -1.88. The molecule has 37 valence electrons. The lowest BCUT2D eigenvalue weighted by molar-refractivity contribution is 0.0608. The van der Waals surface area contributed by atoms with Crippen molar-refractivity contribution in [1.29, 1.82) is 0 Å². The second-order valence-corrected chi connectivity index (χ2v) is 0.871. The van der Waals surface area contributed by atoms with Crippen molar-refractivity contribution in [3.63, 3.8) is 0 Å². The van der Waals surface area contributed by atoms with Gasteiger partial charge in [0, 0.05) is 6.61 Å². The Bertz CT molecular complexity index is 19.5. The highest BCUT2D eigenvalue weighted by Crippen LogP contribution is 1.77. The minimum atomic E-state index is -0.685. The van der Waals surface area contributed by atoms with Crippen molar-refractivity contribution in [2.75, 3.05) is 13.5 Å². The third-order valence-electron chi connectivity index (χ3n) is 0.366. The summed E-state index contributed by atoms with van der Waals surface area (Å²) in [6.07, 6.45) is 0.643. The molecule has 1 radical (unpaired) electrons. The predicted molar refractivity (Wildman–Crippen MR) is 21.9 cm³/mol.